The van der Waals surface area contributed by atoms with E-state index in [9.17, 15) is 14.4 Å². The summed E-state index contributed by atoms with van der Waals surface area (Å²) in [7, 11) is 0. The van der Waals surface area contributed by atoms with E-state index in [2.05, 4.69) is 29.5 Å². The number of halogens is 1. The molecule has 0 bridgehead atoms. The molecule has 2 aromatic rings. The number of benzene rings is 1. The first-order valence-electron chi connectivity index (χ1n) is 12.0. The summed E-state index contributed by atoms with van der Waals surface area (Å²) in [5.41, 5.74) is 1.15. The lowest BCUT2D eigenvalue weighted by molar-refractivity contribution is -0.136. The Kier molecular flexibility index (Phi) is 9.90. The van der Waals surface area contributed by atoms with Crippen LogP contribution in [-0.4, -0.2) is 59.9 Å². The van der Waals surface area contributed by atoms with Gasteiger partial charge in [0.15, 0.2) is 0 Å². The molecule has 0 radical (unpaired) electrons. The van der Waals surface area contributed by atoms with Crippen molar-refractivity contribution in [3.8, 4) is 5.75 Å². The Morgan fingerprint density at radius 2 is 2.09 bits per heavy atom. The first kappa shape index (κ1) is 26.5. The van der Waals surface area contributed by atoms with Gasteiger partial charge in [0.2, 0.25) is 11.8 Å². The minimum absolute atomic E-state index is 0.0355. The summed E-state index contributed by atoms with van der Waals surface area (Å²) in [6.07, 6.45) is 5.46. The molecule has 1 aliphatic rings. The van der Waals surface area contributed by atoms with E-state index in [0.29, 0.717) is 54.6 Å². The standard InChI is InChI=1S/C26H33ClN4O4/c1-18(2)12-21-17-35-23-8-7-20(27)14-22(23)26(34)29-10-3-4-11-31(16-24(32)30-21)25(33)13-19-6-5-9-28-15-19/h5-9,14-15,18,21H,3-4,10-13,16-17H2,1-2H3,(H,29,34)(H,30,32)/t21-/m0/s1. The first-order valence-corrected chi connectivity index (χ1v) is 12.4. The molecule has 0 saturated carbocycles. The second kappa shape index (κ2) is 13.1. The number of carbonyl (C=O) groups is 3. The summed E-state index contributed by atoms with van der Waals surface area (Å²) in [5, 5.41) is 6.36. The van der Waals surface area contributed by atoms with Gasteiger partial charge >= 0.3 is 0 Å². The molecule has 1 aromatic carbocycles. The van der Waals surface area contributed by atoms with Crippen LogP contribution in [0.2, 0.25) is 5.02 Å². The van der Waals surface area contributed by atoms with Crippen LogP contribution in [0.3, 0.4) is 0 Å². The maximum absolute atomic E-state index is 13.0. The Morgan fingerprint density at radius 3 is 2.83 bits per heavy atom. The summed E-state index contributed by atoms with van der Waals surface area (Å²) < 4.78 is 5.98. The molecule has 2 heterocycles. The minimum atomic E-state index is -0.283. The molecule has 3 rings (SSSR count). The molecule has 9 heteroatoms. The van der Waals surface area contributed by atoms with E-state index in [1.54, 1.807) is 41.6 Å². The second-order valence-corrected chi connectivity index (χ2v) is 9.60. The van der Waals surface area contributed by atoms with Gasteiger partial charge in [0, 0.05) is 30.5 Å². The van der Waals surface area contributed by atoms with Crippen molar-refractivity contribution in [1.29, 1.82) is 0 Å². The minimum Gasteiger partial charge on any atom is -0.491 e. The molecule has 0 fully saturated rings. The Bertz CT molecular complexity index is 1020. The summed E-state index contributed by atoms with van der Waals surface area (Å²) in [5.74, 6) is 0.0751. The number of rotatable bonds is 4. The van der Waals surface area contributed by atoms with E-state index in [1.165, 1.54) is 0 Å². The molecular weight excluding hydrogens is 468 g/mol. The van der Waals surface area contributed by atoms with Gasteiger partial charge in [-0.2, -0.15) is 0 Å². The highest BCUT2D eigenvalue weighted by atomic mass is 35.5. The number of aromatic nitrogens is 1. The van der Waals surface area contributed by atoms with E-state index in [0.717, 1.165) is 5.56 Å². The van der Waals surface area contributed by atoms with Crippen molar-refractivity contribution < 1.29 is 19.1 Å². The average molecular weight is 501 g/mol. The highest BCUT2D eigenvalue weighted by Crippen LogP contribution is 2.23. The van der Waals surface area contributed by atoms with Gasteiger partial charge in [0.25, 0.3) is 5.91 Å². The van der Waals surface area contributed by atoms with Crippen molar-refractivity contribution in [2.45, 2.75) is 45.6 Å². The van der Waals surface area contributed by atoms with Crippen LogP contribution in [0.15, 0.2) is 42.7 Å². The fraction of sp³-hybridized carbons (Fsp3) is 0.462. The Labute approximate surface area is 211 Å². The van der Waals surface area contributed by atoms with Crippen molar-refractivity contribution in [3.63, 3.8) is 0 Å². The summed E-state index contributed by atoms with van der Waals surface area (Å²) >= 11 is 6.12. The SMILES string of the molecule is CC(C)C[C@H]1COc2ccc(Cl)cc2C(=O)NCCCCN(C(=O)Cc2cccnc2)CC(=O)N1. The third-order valence-electron chi connectivity index (χ3n) is 5.65. The van der Waals surface area contributed by atoms with Crippen LogP contribution in [-0.2, 0) is 16.0 Å². The van der Waals surface area contributed by atoms with E-state index < -0.39 is 0 Å². The van der Waals surface area contributed by atoms with Crippen molar-refractivity contribution in [3.05, 3.63) is 58.9 Å². The monoisotopic (exact) mass is 500 g/mol. The van der Waals surface area contributed by atoms with Crippen molar-refractivity contribution in [2.24, 2.45) is 5.92 Å². The molecule has 188 valence electrons. The van der Waals surface area contributed by atoms with Gasteiger partial charge < -0.3 is 20.3 Å². The lowest BCUT2D eigenvalue weighted by Crippen LogP contribution is -2.47. The number of hydrogen-bond donors (Lipinski definition) is 2. The highest BCUT2D eigenvalue weighted by molar-refractivity contribution is 6.31. The molecule has 0 aliphatic carbocycles. The van der Waals surface area contributed by atoms with E-state index >= 15 is 0 Å². The summed E-state index contributed by atoms with van der Waals surface area (Å²) in [4.78, 5) is 44.4. The maximum Gasteiger partial charge on any atom is 0.255 e. The van der Waals surface area contributed by atoms with Crippen molar-refractivity contribution in [2.75, 3.05) is 26.2 Å². The number of fused-ring (bicyclic) bond motifs is 1. The predicted molar refractivity (Wildman–Crippen MR) is 134 cm³/mol. The van der Waals surface area contributed by atoms with Crippen LogP contribution in [0, 0.1) is 5.92 Å². The van der Waals surface area contributed by atoms with E-state index in [1.807, 2.05) is 6.07 Å². The van der Waals surface area contributed by atoms with Gasteiger partial charge in [-0.3, -0.25) is 19.4 Å². The Balaban J connectivity index is 1.78. The van der Waals surface area contributed by atoms with Crippen LogP contribution in [0.1, 0.15) is 49.0 Å². The lowest BCUT2D eigenvalue weighted by Gasteiger charge is -2.25. The summed E-state index contributed by atoms with van der Waals surface area (Å²) in [6, 6.07) is 8.26. The molecule has 35 heavy (non-hydrogen) atoms. The number of hydrogen-bond acceptors (Lipinski definition) is 5. The molecule has 0 spiro atoms. The predicted octanol–water partition coefficient (Wildman–Crippen LogP) is 3.24. The second-order valence-electron chi connectivity index (χ2n) is 9.16. The van der Waals surface area contributed by atoms with E-state index in [4.69, 9.17) is 16.3 Å². The molecule has 3 amide bonds. The third-order valence-corrected chi connectivity index (χ3v) is 5.89. The van der Waals surface area contributed by atoms with Gasteiger partial charge in [-0.05, 0) is 55.0 Å². The maximum atomic E-state index is 13.0. The molecule has 1 atom stereocenters. The van der Waals surface area contributed by atoms with Crippen LogP contribution in [0.25, 0.3) is 0 Å². The smallest absolute Gasteiger partial charge is 0.255 e. The number of carbonyl (C=O) groups excluding carboxylic acids is 3. The number of nitrogens with one attached hydrogen (secondary N) is 2. The fourth-order valence-corrected chi connectivity index (χ4v) is 4.16. The topological polar surface area (TPSA) is 101 Å². The van der Waals surface area contributed by atoms with Crippen LogP contribution in [0.5, 0.6) is 5.75 Å². The Hall–Kier alpha value is -3.13. The van der Waals surface area contributed by atoms with Gasteiger partial charge in [-0.15, -0.1) is 0 Å². The number of amides is 3. The van der Waals surface area contributed by atoms with E-state index in [-0.39, 0.29) is 43.3 Å². The zero-order valence-corrected chi connectivity index (χ0v) is 21.0. The van der Waals surface area contributed by atoms with Gasteiger partial charge in [-0.25, -0.2) is 0 Å². The summed E-state index contributed by atoms with van der Waals surface area (Å²) in [6.45, 7) is 5.12. The zero-order chi connectivity index (χ0) is 25.2. The quantitative estimate of drug-likeness (QED) is 0.671. The Morgan fingerprint density at radius 1 is 1.26 bits per heavy atom. The first-order chi connectivity index (χ1) is 16.8. The van der Waals surface area contributed by atoms with Gasteiger partial charge in [0.05, 0.1) is 24.6 Å². The largest absolute Gasteiger partial charge is 0.491 e. The zero-order valence-electron chi connectivity index (χ0n) is 20.3. The normalized spacial score (nSPS) is 17.9. The molecule has 0 unspecified atom stereocenters. The van der Waals surface area contributed by atoms with Gasteiger partial charge in [-0.1, -0.05) is 31.5 Å². The molecule has 1 aliphatic heterocycles. The van der Waals surface area contributed by atoms with Crippen LogP contribution < -0.4 is 15.4 Å². The van der Waals surface area contributed by atoms with Crippen LogP contribution >= 0.6 is 11.6 Å². The molecule has 8 nitrogen and oxygen atoms in total. The van der Waals surface area contributed by atoms with Crippen molar-refractivity contribution in [1.82, 2.24) is 20.5 Å². The molecule has 2 N–H and O–H groups in total. The average Bonchev–Trinajstić information content (AvgIpc) is 2.82. The third kappa shape index (κ3) is 8.55. The van der Waals surface area contributed by atoms with Crippen LogP contribution in [0.4, 0.5) is 0 Å². The number of pyridine rings is 1. The molecular formula is C26H33ClN4O4. The molecule has 0 saturated heterocycles. The number of nitrogens with zero attached hydrogens (tertiary/aromatic N) is 2. The number of ether oxygens (including phenoxy) is 1. The lowest BCUT2D eigenvalue weighted by atomic mass is 10.0. The molecule has 1 aromatic heterocycles. The highest BCUT2D eigenvalue weighted by Gasteiger charge is 2.22. The fourth-order valence-electron chi connectivity index (χ4n) is 3.99. The van der Waals surface area contributed by atoms with Crippen molar-refractivity contribution >= 4 is 29.3 Å². The van der Waals surface area contributed by atoms with Gasteiger partial charge in [0.1, 0.15) is 12.4 Å².